The Hall–Kier alpha value is -0.530. The van der Waals surface area contributed by atoms with E-state index in [0.717, 1.165) is 56.7 Å². The number of benzene rings is 1. The Morgan fingerprint density at radius 1 is 1.23 bits per heavy atom. The van der Waals surface area contributed by atoms with Crippen LogP contribution in [0.5, 0.6) is 0 Å². The number of hydrogen-bond acceptors (Lipinski definition) is 2. The van der Waals surface area contributed by atoms with E-state index in [9.17, 15) is 0 Å². The molecule has 2 saturated heterocycles. The van der Waals surface area contributed by atoms with E-state index in [4.69, 9.17) is 16.3 Å². The van der Waals surface area contributed by atoms with Gasteiger partial charge in [0.15, 0.2) is 5.96 Å². The summed E-state index contributed by atoms with van der Waals surface area (Å²) in [6, 6.07) is 8.23. The van der Waals surface area contributed by atoms with Crippen LogP contribution in [0.1, 0.15) is 38.7 Å². The fourth-order valence-corrected chi connectivity index (χ4v) is 4.40. The van der Waals surface area contributed by atoms with E-state index < -0.39 is 0 Å². The quantitative estimate of drug-likeness (QED) is 0.389. The first-order valence-corrected chi connectivity index (χ1v) is 9.62. The number of halogens is 2. The highest BCUT2D eigenvalue weighted by molar-refractivity contribution is 14.0. The van der Waals surface area contributed by atoms with Crippen molar-refractivity contribution in [2.45, 2.75) is 38.5 Å². The molecule has 2 heterocycles. The van der Waals surface area contributed by atoms with E-state index >= 15 is 0 Å². The first-order valence-electron chi connectivity index (χ1n) is 9.24. The average molecular weight is 492 g/mol. The second-order valence-corrected chi connectivity index (χ2v) is 8.52. The zero-order valence-electron chi connectivity index (χ0n) is 16.1. The standard InChI is InChI=1S/C20H30ClN3O.HI/c1-19(2)8-11-24(15-19)18(22-3)23-14-20(9-12-25-13-10-20)16-6-4-5-7-17(16)21;/h4-7H,8-15H2,1-3H3,(H,22,23);1H. The Morgan fingerprint density at radius 2 is 1.92 bits per heavy atom. The van der Waals surface area contributed by atoms with Gasteiger partial charge in [0.05, 0.1) is 0 Å². The summed E-state index contributed by atoms with van der Waals surface area (Å²) in [5, 5.41) is 4.50. The summed E-state index contributed by atoms with van der Waals surface area (Å²) in [6.07, 6.45) is 3.16. The van der Waals surface area contributed by atoms with Crippen molar-refractivity contribution in [3.05, 3.63) is 34.9 Å². The lowest BCUT2D eigenvalue weighted by Gasteiger charge is -2.39. The van der Waals surface area contributed by atoms with Gasteiger partial charge in [0.2, 0.25) is 0 Å². The van der Waals surface area contributed by atoms with E-state index in [-0.39, 0.29) is 29.4 Å². The van der Waals surface area contributed by atoms with Gasteiger partial charge in [-0.3, -0.25) is 4.99 Å². The van der Waals surface area contributed by atoms with Gasteiger partial charge in [-0.2, -0.15) is 0 Å². The number of nitrogens with one attached hydrogen (secondary N) is 1. The zero-order valence-corrected chi connectivity index (χ0v) is 19.1. The lowest BCUT2D eigenvalue weighted by atomic mass is 9.74. The minimum Gasteiger partial charge on any atom is -0.381 e. The maximum atomic E-state index is 6.55. The van der Waals surface area contributed by atoms with Gasteiger partial charge in [0, 0.05) is 50.3 Å². The van der Waals surface area contributed by atoms with Crippen molar-refractivity contribution in [2.24, 2.45) is 10.4 Å². The number of nitrogens with zero attached hydrogens (tertiary/aromatic N) is 2. The molecule has 0 aromatic heterocycles. The third-order valence-electron chi connectivity index (χ3n) is 5.67. The third-order valence-corrected chi connectivity index (χ3v) is 6.00. The van der Waals surface area contributed by atoms with Crippen LogP contribution in [-0.4, -0.2) is 50.8 Å². The fraction of sp³-hybridized carbons (Fsp3) is 0.650. The second-order valence-electron chi connectivity index (χ2n) is 8.11. The fourth-order valence-electron chi connectivity index (χ4n) is 4.07. The number of hydrogen-bond donors (Lipinski definition) is 1. The van der Waals surface area contributed by atoms with Crippen molar-refractivity contribution in [3.63, 3.8) is 0 Å². The molecule has 6 heteroatoms. The Labute approximate surface area is 179 Å². The predicted molar refractivity (Wildman–Crippen MR) is 120 cm³/mol. The molecule has 1 aromatic rings. The maximum Gasteiger partial charge on any atom is 0.193 e. The number of likely N-dealkylation sites (tertiary alicyclic amines) is 1. The molecule has 2 fully saturated rings. The van der Waals surface area contributed by atoms with Gasteiger partial charge >= 0.3 is 0 Å². The number of ether oxygens (including phenoxy) is 1. The Morgan fingerprint density at radius 3 is 2.50 bits per heavy atom. The van der Waals surface area contributed by atoms with Crippen LogP contribution < -0.4 is 5.32 Å². The van der Waals surface area contributed by atoms with E-state index in [1.54, 1.807) is 0 Å². The summed E-state index contributed by atoms with van der Waals surface area (Å²) in [4.78, 5) is 6.91. The minimum atomic E-state index is 0. The summed E-state index contributed by atoms with van der Waals surface area (Å²) < 4.78 is 5.63. The lowest BCUT2D eigenvalue weighted by Crippen LogP contribution is -2.49. The van der Waals surface area contributed by atoms with Crippen molar-refractivity contribution in [1.82, 2.24) is 10.2 Å². The van der Waals surface area contributed by atoms with Crippen molar-refractivity contribution < 1.29 is 4.74 Å². The zero-order chi connectivity index (χ0) is 17.9. The normalized spacial score (nSPS) is 22.0. The van der Waals surface area contributed by atoms with Crippen LogP contribution in [0.3, 0.4) is 0 Å². The minimum absolute atomic E-state index is 0. The van der Waals surface area contributed by atoms with Crippen molar-refractivity contribution in [3.8, 4) is 0 Å². The molecule has 2 aliphatic rings. The van der Waals surface area contributed by atoms with Crippen LogP contribution in [-0.2, 0) is 10.2 Å². The van der Waals surface area contributed by atoms with E-state index in [1.165, 1.54) is 12.0 Å². The Bertz CT molecular complexity index is 629. The third kappa shape index (κ3) is 4.84. The van der Waals surface area contributed by atoms with Gasteiger partial charge in [0.25, 0.3) is 0 Å². The topological polar surface area (TPSA) is 36.9 Å². The summed E-state index contributed by atoms with van der Waals surface area (Å²) >= 11 is 6.55. The van der Waals surface area contributed by atoms with Crippen LogP contribution in [0.4, 0.5) is 0 Å². The largest absolute Gasteiger partial charge is 0.381 e. The van der Waals surface area contributed by atoms with Gasteiger partial charge in [-0.05, 0) is 36.3 Å². The molecule has 3 rings (SSSR count). The van der Waals surface area contributed by atoms with Gasteiger partial charge in [-0.1, -0.05) is 43.6 Å². The van der Waals surface area contributed by atoms with Gasteiger partial charge in [-0.25, -0.2) is 0 Å². The molecule has 0 aliphatic carbocycles. The van der Waals surface area contributed by atoms with E-state index in [1.807, 2.05) is 19.2 Å². The molecule has 0 amide bonds. The van der Waals surface area contributed by atoms with Crippen molar-refractivity contribution >= 4 is 41.5 Å². The van der Waals surface area contributed by atoms with Crippen molar-refractivity contribution in [1.29, 1.82) is 0 Å². The summed E-state index contributed by atoms with van der Waals surface area (Å²) in [6.45, 7) is 9.16. The van der Waals surface area contributed by atoms with E-state index in [2.05, 4.69) is 41.2 Å². The van der Waals surface area contributed by atoms with Crippen LogP contribution in [0.25, 0.3) is 0 Å². The lowest BCUT2D eigenvalue weighted by molar-refractivity contribution is 0.0512. The molecule has 4 nitrogen and oxygen atoms in total. The molecule has 0 unspecified atom stereocenters. The van der Waals surface area contributed by atoms with Crippen molar-refractivity contribution in [2.75, 3.05) is 39.9 Å². The molecule has 1 N–H and O–H groups in total. The first-order chi connectivity index (χ1) is 12.0. The highest BCUT2D eigenvalue weighted by atomic mass is 127. The first kappa shape index (κ1) is 21.8. The van der Waals surface area contributed by atoms with Crippen LogP contribution in [0.2, 0.25) is 5.02 Å². The molecule has 2 aliphatic heterocycles. The Kier molecular flexibility index (Phi) is 7.62. The molecule has 0 radical (unpaired) electrons. The SMILES string of the molecule is CN=C(NCC1(c2ccccc2Cl)CCOCC1)N1CCC(C)(C)C1.I. The van der Waals surface area contributed by atoms with Crippen LogP contribution >= 0.6 is 35.6 Å². The molecule has 1 aromatic carbocycles. The predicted octanol–water partition coefficient (Wildman–Crippen LogP) is 4.31. The number of rotatable bonds is 3. The Balaban J connectivity index is 0.00000243. The molecular formula is C20H31ClIN3O. The summed E-state index contributed by atoms with van der Waals surface area (Å²) in [5.41, 5.74) is 1.59. The number of guanidine groups is 1. The molecular weight excluding hydrogens is 461 g/mol. The smallest absolute Gasteiger partial charge is 0.193 e. The van der Waals surface area contributed by atoms with Crippen LogP contribution in [0, 0.1) is 5.41 Å². The second kappa shape index (κ2) is 9.11. The summed E-state index contributed by atoms with van der Waals surface area (Å²) in [7, 11) is 1.87. The molecule has 26 heavy (non-hydrogen) atoms. The van der Waals surface area contributed by atoms with Crippen LogP contribution in [0.15, 0.2) is 29.3 Å². The van der Waals surface area contributed by atoms with Gasteiger partial charge in [0.1, 0.15) is 0 Å². The maximum absolute atomic E-state index is 6.55. The molecule has 146 valence electrons. The highest BCUT2D eigenvalue weighted by Gasteiger charge is 2.37. The van der Waals surface area contributed by atoms with Gasteiger partial charge in [-0.15, -0.1) is 24.0 Å². The molecule has 0 bridgehead atoms. The molecule has 0 saturated carbocycles. The van der Waals surface area contributed by atoms with E-state index in [0.29, 0.717) is 5.41 Å². The van der Waals surface area contributed by atoms with Gasteiger partial charge < -0.3 is 15.0 Å². The molecule has 0 atom stereocenters. The highest BCUT2D eigenvalue weighted by Crippen LogP contribution is 2.38. The summed E-state index contributed by atoms with van der Waals surface area (Å²) in [5.74, 6) is 1.00. The monoisotopic (exact) mass is 491 g/mol. The molecule has 0 spiro atoms. The number of aliphatic imine (C=N–C) groups is 1. The average Bonchev–Trinajstić information content (AvgIpc) is 2.96.